The number of amides is 1. The maximum atomic E-state index is 12.4. The summed E-state index contributed by atoms with van der Waals surface area (Å²) in [4.78, 5) is 26.6. The summed E-state index contributed by atoms with van der Waals surface area (Å²) in [7, 11) is 0. The maximum Gasteiger partial charge on any atom is 0.323 e. The Morgan fingerprint density at radius 3 is 2.52 bits per heavy atom. The highest BCUT2D eigenvalue weighted by Gasteiger charge is 2.17. The first-order valence-electron chi connectivity index (χ1n) is 7.61. The lowest BCUT2D eigenvalue weighted by molar-refractivity contribution is 0.0383. The molecule has 1 fully saturated rings. The van der Waals surface area contributed by atoms with E-state index in [1.165, 1.54) is 22.8 Å². The molecule has 0 unspecified atom stereocenters. The molecule has 0 atom stereocenters. The predicted molar refractivity (Wildman–Crippen MR) is 101 cm³/mol. The molecule has 1 aliphatic rings. The van der Waals surface area contributed by atoms with E-state index in [4.69, 9.17) is 33.7 Å². The van der Waals surface area contributed by atoms with Crippen molar-refractivity contribution in [3.8, 4) is 0 Å². The Balaban J connectivity index is 0.00000225. The summed E-state index contributed by atoms with van der Waals surface area (Å²) >= 11 is 12.2. The highest BCUT2D eigenvalue weighted by atomic mass is 35.5. The molecular weight excluding hydrogens is 389 g/mol. The molecule has 2 aromatic rings. The third kappa shape index (κ3) is 4.27. The second-order valence-corrected chi connectivity index (χ2v) is 6.50. The van der Waals surface area contributed by atoms with Crippen molar-refractivity contribution in [3.63, 3.8) is 0 Å². The van der Waals surface area contributed by atoms with Crippen LogP contribution in [0.3, 0.4) is 0 Å². The van der Waals surface area contributed by atoms with Crippen molar-refractivity contribution >= 4 is 52.5 Å². The zero-order valence-corrected chi connectivity index (χ0v) is 15.7. The molecule has 0 bridgehead atoms. The number of benzene rings is 1. The molecular formula is C16H18Cl3N3O3. The second-order valence-electron chi connectivity index (χ2n) is 5.66. The van der Waals surface area contributed by atoms with Crippen molar-refractivity contribution in [2.24, 2.45) is 5.73 Å². The summed E-state index contributed by atoms with van der Waals surface area (Å²) in [6.07, 6.45) is 0.512. The molecule has 1 amide bonds. The summed E-state index contributed by atoms with van der Waals surface area (Å²) in [5.41, 5.74) is 6.18. The Morgan fingerprint density at radius 1 is 1.20 bits per heavy atom. The Labute approximate surface area is 160 Å². The minimum Gasteiger partial charge on any atom is -0.379 e. The van der Waals surface area contributed by atoms with Gasteiger partial charge >= 0.3 is 6.03 Å². The van der Waals surface area contributed by atoms with Gasteiger partial charge in [0.05, 0.1) is 29.1 Å². The van der Waals surface area contributed by atoms with Crippen molar-refractivity contribution in [2.75, 3.05) is 32.8 Å². The van der Waals surface area contributed by atoms with Crippen molar-refractivity contribution in [1.82, 2.24) is 9.47 Å². The van der Waals surface area contributed by atoms with Crippen LogP contribution < -0.4 is 11.2 Å². The molecule has 1 saturated heterocycles. The molecule has 0 saturated carbocycles. The van der Waals surface area contributed by atoms with Gasteiger partial charge in [-0.05, 0) is 12.1 Å². The van der Waals surface area contributed by atoms with E-state index >= 15 is 0 Å². The van der Waals surface area contributed by atoms with E-state index in [-0.39, 0.29) is 28.2 Å². The van der Waals surface area contributed by atoms with Gasteiger partial charge in [0.25, 0.3) is 0 Å². The molecule has 1 aromatic heterocycles. The minimum atomic E-state index is -0.671. The second kappa shape index (κ2) is 8.38. The topological polar surface area (TPSA) is 77.6 Å². The van der Waals surface area contributed by atoms with Crippen LogP contribution in [-0.4, -0.2) is 48.3 Å². The first kappa shape index (κ1) is 20.0. The van der Waals surface area contributed by atoms with Crippen molar-refractivity contribution in [1.29, 1.82) is 0 Å². The molecule has 3 rings (SSSR count). The molecule has 0 spiro atoms. The summed E-state index contributed by atoms with van der Waals surface area (Å²) in [5.74, 6) is 0. The molecule has 1 aromatic carbocycles. The largest absolute Gasteiger partial charge is 0.379 e. The van der Waals surface area contributed by atoms with Gasteiger partial charge < -0.3 is 10.5 Å². The Hall–Kier alpha value is -1.31. The van der Waals surface area contributed by atoms with Gasteiger partial charge in [0.2, 0.25) is 0 Å². The van der Waals surface area contributed by atoms with Crippen LogP contribution in [0.25, 0.3) is 10.9 Å². The van der Waals surface area contributed by atoms with E-state index < -0.39 is 6.03 Å². The van der Waals surface area contributed by atoms with Gasteiger partial charge in [-0.15, -0.1) is 12.4 Å². The smallest absolute Gasteiger partial charge is 0.323 e. The highest BCUT2D eigenvalue weighted by Crippen LogP contribution is 2.26. The summed E-state index contributed by atoms with van der Waals surface area (Å²) in [6, 6.07) is 3.77. The van der Waals surface area contributed by atoms with E-state index in [9.17, 15) is 9.59 Å². The number of pyridine rings is 1. The predicted octanol–water partition coefficient (Wildman–Crippen LogP) is 2.53. The molecule has 136 valence electrons. The fourth-order valence-electron chi connectivity index (χ4n) is 2.96. The van der Waals surface area contributed by atoms with E-state index in [0.717, 1.165) is 13.1 Å². The quantitative estimate of drug-likeness (QED) is 0.849. The number of carbonyl (C=O) groups is 1. The van der Waals surface area contributed by atoms with Crippen LogP contribution >= 0.6 is 35.6 Å². The number of fused-ring (bicyclic) bond motifs is 1. The first-order chi connectivity index (χ1) is 11.5. The fraction of sp³-hybridized carbons (Fsp3) is 0.375. The van der Waals surface area contributed by atoms with E-state index in [1.807, 2.05) is 0 Å². The average molecular weight is 407 g/mol. The zero-order chi connectivity index (χ0) is 17.3. The summed E-state index contributed by atoms with van der Waals surface area (Å²) in [6.45, 7) is 3.73. The van der Waals surface area contributed by atoms with Gasteiger partial charge in [-0.2, -0.15) is 0 Å². The van der Waals surface area contributed by atoms with Crippen LogP contribution in [0.5, 0.6) is 0 Å². The number of hydrogen-bond acceptors (Lipinski definition) is 4. The van der Waals surface area contributed by atoms with Crippen LogP contribution in [0, 0.1) is 0 Å². The lowest BCUT2D eigenvalue weighted by atomic mass is 10.1. The lowest BCUT2D eigenvalue weighted by Gasteiger charge is -2.27. The fourth-order valence-corrected chi connectivity index (χ4v) is 3.54. The molecule has 6 nitrogen and oxygen atoms in total. The van der Waals surface area contributed by atoms with Gasteiger partial charge in [-0.25, -0.2) is 4.79 Å². The van der Waals surface area contributed by atoms with Crippen molar-refractivity contribution < 1.29 is 9.53 Å². The molecule has 25 heavy (non-hydrogen) atoms. The number of morpholine rings is 1. The van der Waals surface area contributed by atoms with Crippen LogP contribution in [-0.2, 0) is 11.2 Å². The molecule has 1 aliphatic heterocycles. The number of nitrogens with two attached hydrogens (primary N) is 1. The Bertz CT molecular complexity index is 848. The van der Waals surface area contributed by atoms with Gasteiger partial charge in [0.1, 0.15) is 0 Å². The number of hydrogen-bond donors (Lipinski definition) is 1. The van der Waals surface area contributed by atoms with Crippen molar-refractivity contribution in [2.45, 2.75) is 6.42 Å². The van der Waals surface area contributed by atoms with Gasteiger partial charge in [-0.1, -0.05) is 23.2 Å². The number of primary amides is 1. The van der Waals surface area contributed by atoms with Crippen LogP contribution in [0.1, 0.15) is 5.69 Å². The SMILES string of the molecule is Cl.NC(=O)n1c(CCN2CCOCC2)cc(=O)c2c(Cl)cc(Cl)cc21. The van der Waals surface area contributed by atoms with Gasteiger partial charge in [0, 0.05) is 42.8 Å². The average Bonchev–Trinajstić information content (AvgIpc) is 2.52. The minimum absolute atomic E-state index is 0. The Kier molecular flexibility index (Phi) is 6.71. The highest BCUT2D eigenvalue weighted by molar-refractivity contribution is 6.38. The van der Waals surface area contributed by atoms with E-state index in [0.29, 0.717) is 42.4 Å². The molecule has 2 heterocycles. The number of ether oxygens (including phenoxy) is 1. The molecule has 0 radical (unpaired) electrons. The third-order valence-corrected chi connectivity index (χ3v) is 4.63. The number of halogens is 3. The molecule has 2 N–H and O–H groups in total. The lowest BCUT2D eigenvalue weighted by Crippen LogP contribution is -2.38. The van der Waals surface area contributed by atoms with Crippen LogP contribution in [0.2, 0.25) is 10.0 Å². The van der Waals surface area contributed by atoms with Crippen LogP contribution in [0.4, 0.5) is 4.79 Å². The standard InChI is InChI=1S/C16H17Cl2N3O3.ClH/c17-10-7-12(18)15-13(8-10)21(16(19)23)11(9-14(15)22)1-2-20-3-5-24-6-4-20;/h7-9H,1-6H2,(H2,19,23);1H. The number of rotatable bonds is 3. The monoisotopic (exact) mass is 405 g/mol. The number of nitrogens with zero attached hydrogens (tertiary/aromatic N) is 2. The summed E-state index contributed by atoms with van der Waals surface area (Å²) < 4.78 is 6.63. The maximum absolute atomic E-state index is 12.4. The molecule has 9 heteroatoms. The van der Waals surface area contributed by atoms with Crippen LogP contribution in [0.15, 0.2) is 23.0 Å². The third-order valence-electron chi connectivity index (χ3n) is 4.11. The van der Waals surface area contributed by atoms with Crippen molar-refractivity contribution in [3.05, 3.63) is 44.2 Å². The van der Waals surface area contributed by atoms with Gasteiger partial charge in [-0.3, -0.25) is 14.3 Å². The Morgan fingerprint density at radius 2 is 1.88 bits per heavy atom. The summed E-state index contributed by atoms with van der Waals surface area (Å²) in [5, 5.41) is 0.791. The number of aromatic nitrogens is 1. The normalized spacial score (nSPS) is 15.1. The molecule has 0 aliphatic carbocycles. The number of carbonyl (C=O) groups excluding carboxylic acids is 1. The van der Waals surface area contributed by atoms with E-state index in [1.54, 1.807) is 0 Å². The first-order valence-corrected chi connectivity index (χ1v) is 8.36. The zero-order valence-electron chi connectivity index (χ0n) is 13.3. The van der Waals surface area contributed by atoms with Gasteiger partial charge in [0.15, 0.2) is 5.43 Å². The van der Waals surface area contributed by atoms with E-state index in [2.05, 4.69) is 4.90 Å².